The fourth-order valence-corrected chi connectivity index (χ4v) is 3.74. The highest BCUT2D eigenvalue weighted by molar-refractivity contribution is 5.82. The maximum atomic E-state index is 5.50. The first kappa shape index (κ1) is 15.7. The van der Waals surface area contributed by atoms with Gasteiger partial charge in [-0.3, -0.25) is 9.58 Å². The van der Waals surface area contributed by atoms with Gasteiger partial charge in [-0.15, -0.1) is 0 Å². The summed E-state index contributed by atoms with van der Waals surface area (Å²) < 4.78 is 13.0. The van der Waals surface area contributed by atoms with E-state index in [1.807, 2.05) is 12.3 Å². The first-order valence-electron chi connectivity index (χ1n) is 9.12. The Bertz CT molecular complexity index is 931. The van der Waals surface area contributed by atoms with E-state index >= 15 is 0 Å². The van der Waals surface area contributed by atoms with Gasteiger partial charge in [0.1, 0.15) is 0 Å². The van der Waals surface area contributed by atoms with E-state index in [1.54, 1.807) is 0 Å². The van der Waals surface area contributed by atoms with Gasteiger partial charge in [0.2, 0.25) is 6.79 Å². The largest absolute Gasteiger partial charge is 0.454 e. The standard InChI is InChI=1S/C20H22N4O2/c1-2-16(10-15-4-5-19-20(11-15)26-14-25-19)17-12-22-24(18(17)3-1)13-23-8-6-21-7-9-23/h1-5,11-12,21H,6-10,13-14H2. The molecule has 26 heavy (non-hydrogen) atoms. The molecule has 3 aromatic rings. The first-order valence-corrected chi connectivity index (χ1v) is 9.12. The summed E-state index contributed by atoms with van der Waals surface area (Å²) in [6, 6.07) is 12.6. The topological polar surface area (TPSA) is 51.6 Å². The molecule has 6 nitrogen and oxygen atoms in total. The maximum absolute atomic E-state index is 5.50. The predicted molar refractivity (Wildman–Crippen MR) is 99.5 cm³/mol. The third-order valence-corrected chi connectivity index (χ3v) is 5.15. The monoisotopic (exact) mass is 350 g/mol. The summed E-state index contributed by atoms with van der Waals surface area (Å²) in [5.41, 5.74) is 3.70. The summed E-state index contributed by atoms with van der Waals surface area (Å²) in [6.07, 6.45) is 2.85. The Balaban J connectivity index is 1.41. The minimum atomic E-state index is 0.313. The molecule has 2 aliphatic rings. The molecule has 0 bridgehead atoms. The quantitative estimate of drug-likeness (QED) is 0.782. The Kier molecular flexibility index (Phi) is 3.99. The first-order chi connectivity index (χ1) is 12.9. The van der Waals surface area contributed by atoms with Crippen LogP contribution in [0.15, 0.2) is 42.6 Å². The molecule has 1 fully saturated rings. The second-order valence-corrected chi connectivity index (χ2v) is 6.87. The molecule has 134 valence electrons. The second-order valence-electron chi connectivity index (χ2n) is 6.87. The summed E-state index contributed by atoms with van der Waals surface area (Å²) in [4.78, 5) is 2.44. The average molecular weight is 350 g/mol. The van der Waals surface area contributed by atoms with E-state index in [0.29, 0.717) is 6.79 Å². The molecule has 0 amide bonds. The van der Waals surface area contributed by atoms with Crippen molar-refractivity contribution in [3.63, 3.8) is 0 Å². The Hall–Kier alpha value is -2.57. The van der Waals surface area contributed by atoms with Gasteiger partial charge in [-0.2, -0.15) is 5.10 Å². The average Bonchev–Trinajstić information content (AvgIpc) is 3.30. The zero-order valence-corrected chi connectivity index (χ0v) is 14.6. The molecule has 1 aromatic heterocycles. The third-order valence-electron chi connectivity index (χ3n) is 5.15. The van der Waals surface area contributed by atoms with Crippen LogP contribution in [-0.4, -0.2) is 47.7 Å². The van der Waals surface area contributed by atoms with Crippen molar-refractivity contribution in [3.8, 4) is 11.5 Å². The molecule has 0 spiro atoms. The summed E-state index contributed by atoms with van der Waals surface area (Å²) in [6.45, 7) is 5.39. The number of hydrogen-bond acceptors (Lipinski definition) is 5. The van der Waals surface area contributed by atoms with Crippen molar-refractivity contribution in [1.29, 1.82) is 0 Å². The molecule has 0 unspecified atom stereocenters. The van der Waals surface area contributed by atoms with Crippen LogP contribution in [0.2, 0.25) is 0 Å². The highest BCUT2D eigenvalue weighted by Crippen LogP contribution is 2.33. The lowest BCUT2D eigenvalue weighted by atomic mass is 10.0. The van der Waals surface area contributed by atoms with Crippen LogP contribution in [-0.2, 0) is 13.1 Å². The van der Waals surface area contributed by atoms with Gasteiger partial charge in [0.25, 0.3) is 0 Å². The van der Waals surface area contributed by atoms with Gasteiger partial charge in [0, 0.05) is 31.6 Å². The zero-order chi connectivity index (χ0) is 17.3. The summed E-state index contributed by atoms with van der Waals surface area (Å²) in [7, 11) is 0. The number of aromatic nitrogens is 2. The molecule has 2 aromatic carbocycles. The number of nitrogens with zero attached hydrogens (tertiary/aromatic N) is 3. The highest BCUT2D eigenvalue weighted by Gasteiger charge is 2.15. The molecular weight excluding hydrogens is 328 g/mol. The van der Waals surface area contributed by atoms with E-state index in [9.17, 15) is 0 Å². The Morgan fingerprint density at radius 3 is 2.85 bits per heavy atom. The molecule has 0 aliphatic carbocycles. The number of piperazine rings is 1. The van der Waals surface area contributed by atoms with Gasteiger partial charge in [-0.25, -0.2) is 0 Å². The molecule has 0 radical (unpaired) electrons. The van der Waals surface area contributed by atoms with Crippen molar-refractivity contribution >= 4 is 10.9 Å². The van der Waals surface area contributed by atoms with Crippen molar-refractivity contribution in [2.75, 3.05) is 33.0 Å². The van der Waals surface area contributed by atoms with Crippen LogP contribution in [0.25, 0.3) is 10.9 Å². The smallest absolute Gasteiger partial charge is 0.231 e. The number of benzene rings is 2. The molecule has 1 N–H and O–H groups in total. The van der Waals surface area contributed by atoms with Gasteiger partial charge < -0.3 is 14.8 Å². The third kappa shape index (κ3) is 2.91. The van der Waals surface area contributed by atoms with Gasteiger partial charge >= 0.3 is 0 Å². The van der Waals surface area contributed by atoms with E-state index in [0.717, 1.165) is 50.8 Å². The second kappa shape index (κ2) is 6.63. The fraction of sp³-hybridized carbons (Fsp3) is 0.350. The molecule has 0 saturated carbocycles. The SMILES string of the molecule is c1cc(Cc2ccc3c(c2)OCO3)c2cnn(CN3CCNCC3)c2c1. The predicted octanol–water partition coefficient (Wildman–Crippen LogP) is 2.22. The lowest BCUT2D eigenvalue weighted by Crippen LogP contribution is -2.44. The fourth-order valence-electron chi connectivity index (χ4n) is 3.74. The minimum absolute atomic E-state index is 0.313. The molecular formula is C20H22N4O2. The minimum Gasteiger partial charge on any atom is -0.454 e. The van der Waals surface area contributed by atoms with E-state index in [-0.39, 0.29) is 0 Å². The number of nitrogens with one attached hydrogen (secondary N) is 1. The van der Waals surface area contributed by atoms with Crippen LogP contribution in [0.4, 0.5) is 0 Å². The normalized spacial score (nSPS) is 17.1. The molecule has 6 heteroatoms. The summed E-state index contributed by atoms with van der Waals surface area (Å²) in [5, 5.41) is 9.28. The molecule has 1 saturated heterocycles. The van der Waals surface area contributed by atoms with E-state index in [1.165, 1.54) is 22.0 Å². The Morgan fingerprint density at radius 1 is 1.04 bits per heavy atom. The van der Waals surface area contributed by atoms with Crippen LogP contribution in [0.1, 0.15) is 11.1 Å². The van der Waals surface area contributed by atoms with E-state index in [4.69, 9.17) is 9.47 Å². The molecule has 5 rings (SSSR count). The van der Waals surface area contributed by atoms with Crippen LogP contribution in [0.3, 0.4) is 0 Å². The van der Waals surface area contributed by atoms with Gasteiger partial charge in [0.05, 0.1) is 18.4 Å². The lowest BCUT2D eigenvalue weighted by molar-refractivity contribution is 0.174. The van der Waals surface area contributed by atoms with Crippen molar-refractivity contribution in [1.82, 2.24) is 20.0 Å². The van der Waals surface area contributed by atoms with Crippen LogP contribution in [0, 0.1) is 0 Å². The van der Waals surface area contributed by atoms with Crippen molar-refractivity contribution in [3.05, 3.63) is 53.7 Å². The van der Waals surface area contributed by atoms with Crippen LogP contribution >= 0.6 is 0 Å². The van der Waals surface area contributed by atoms with Crippen molar-refractivity contribution in [2.24, 2.45) is 0 Å². The van der Waals surface area contributed by atoms with E-state index in [2.05, 4.69) is 50.3 Å². The zero-order valence-electron chi connectivity index (χ0n) is 14.6. The Labute approximate surface area is 152 Å². The van der Waals surface area contributed by atoms with Gasteiger partial charge in [-0.1, -0.05) is 18.2 Å². The number of fused-ring (bicyclic) bond motifs is 2. The lowest BCUT2D eigenvalue weighted by Gasteiger charge is -2.27. The maximum Gasteiger partial charge on any atom is 0.231 e. The number of hydrogen-bond donors (Lipinski definition) is 1. The number of rotatable bonds is 4. The van der Waals surface area contributed by atoms with Crippen molar-refractivity contribution < 1.29 is 9.47 Å². The summed E-state index contributed by atoms with van der Waals surface area (Å²) in [5.74, 6) is 1.67. The van der Waals surface area contributed by atoms with Crippen molar-refractivity contribution in [2.45, 2.75) is 13.1 Å². The van der Waals surface area contributed by atoms with Crippen LogP contribution in [0.5, 0.6) is 11.5 Å². The Morgan fingerprint density at radius 2 is 1.92 bits per heavy atom. The van der Waals surface area contributed by atoms with Gasteiger partial charge in [-0.05, 0) is 35.7 Å². The highest BCUT2D eigenvalue weighted by atomic mass is 16.7. The summed E-state index contributed by atoms with van der Waals surface area (Å²) >= 11 is 0. The van der Waals surface area contributed by atoms with Gasteiger partial charge in [0.15, 0.2) is 11.5 Å². The molecule has 2 aliphatic heterocycles. The molecule has 3 heterocycles. The van der Waals surface area contributed by atoms with E-state index < -0.39 is 0 Å². The molecule has 0 atom stereocenters. The van der Waals surface area contributed by atoms with Crippen LogP contribution < -0.4 is 14.8 Å². The number of ether oxygens (including phenoxy) is 2.